The first kappa shape index (κ1) is 9.98. The molecule has 1 heterocycles. The van der Waals surface area contributed by atoms with Gasteiger partial charge < -0.3 is 14.6 Å². The zero-order chi connectivity index (χ0) is 10.8. The number of para-hydroxylation sites is 1. The molecule has 0 bridgehead atoms. The van der Waals surface area contributed by atoms with E-state index in [4.69, 9.17) is 4.74 Å². The Hall–Kier alpha value is -1.55. The highest BCUT2D eigenvalue weighted by Crippen LogP contribution is 2.25. The first-order valence-electron chi connectivity index (χ1n) is 4.91. The van der Waals surface area contributed by atoms with Crippen LogP contribution in [0.25, 0.3) is 11.0 Å². The zero-order valence-corrected chi connectivity index (χ0v) is 9.24. The molecule has 0 saturated carbocycles. The second-order valence-electron chi connectivity index (χ2n) is 3.45. The molecule has 0 aliphatic carbocycles. The molecule has 1 N–H and O–H groups in total. The van der Waals surface area contributed by atoms with Crippen LogP contribution in [0.2, 0.25) is 0 Å². The average Bonchev–Trinajstić information content (AvgIpc) is 2.57. The summed E-state index contributed by atoms with van der Waals surface area (Å²) < 4.78 is 7.38. The van der Waals surface area contributed by atoms with Gasteiger partial charge >= 0.3 is 0 Å². The largest absolute Gasteiger partial charge is 0.494 e. The maximum Gasteiger partial charge on any atom is 0.144 e. The smallest absolute Gasteiger partial charge is 0.144 e. The van der Waals surface area contributed by atoms with Crippen molar-refractivity contribution in [3.05, 3.63) is 24.0 Å². The molecular formula is C11H15N3O. The van der Waals surface area contributed by atoms with Gasteiger partial charge in [-0.25, -0.2) is 4.98 Å². The van der Waals surface area contributed by atoms with Gasteiger partial charge in [0.25, 0.3) is 0 Å². The number of aryl methyl sites for hydroxylation is 1. The number of benzene rings is 1. The van der Waals surface area contributed by atoms with E-state index in [1.165, 1.54) is 0 Å². The maximum absolute atomic E-state index is 5.32. The van der Waals surface area contributed by atoms with E-state index < -0.39 is 0 Å². The normalized spacial score (nSPS) is 10.9. The van der Waals surface area contributed by atoms with Crippen molar-refractivity contribution in [1.82, 2.24) is 14.9 Å². The summed E-state index contributed by atoms with van der Waals surface area (Å²) >= 11 is 0. The van der Waals surface area contributed by atoms with Crippen molar-refractivity contribution in [3.63, 3.8) is 0 Å². The molecule has 0 radical (unpaired) electrons. The third-order valence-electron chi connectivity index (χ3n) is 2.50. The van der Waals surface area contributed by atoms with E-state index in [-0.39, 0.29) is 0 Å². The first-order chi connectivity index (χ1) is 7.27. The molecule has 4 heteroatoms. The number of fused-ring (bicyclic) bond motifs is 1. The van der Waals surface area contributed by atoms with Gasteiger partial charge in [0.2, 0.25) is 0 Å². The Morgan fingerprint density at radius 2 is 2.27 bits per heavy atom. The van der Waals surface area contributed by atoms with E-state index >= 15 is 0 Å². The minimum atomic E-state index is 0.758. The van der Waals surface area contributed by atoms with Crippen LogP contribution < -0.4 is 10.1 Å². The Morgan fingerprint density at radius 3 is 2.93 bits per heavy atom. The summed E-state index contributed by atoms with van der Waals surface area (Å²) in [7, 11) is 5.60. The predicted molar refractivity (Wildman–Crippen MR) is 60.0 cm³/mol. The molecule has 80 valence electrons. The van der Waals surface area contributed by atoms with Crippen LogP contribution in [0.4, 0.5) is 0 Å². The van der Waals surface area contributed by atoms with Crippen LogP contribution in [0.5, 0.6) is 5.75 Å². The van der Waals surface area contributed by atoms with Gasteiger partial charge in [-0.15, -0.1) is 0 Å². The molecule has 0 amide bonds. The first-order valence-corrected chi connectivity index (χ1v) is 4.91. The van der Waals surface area contributed by atoms with Gasteiger partial charge in [0, 0.05) is 7.05 Å². The summed E-state index contributed by atoms with van der Waals surface area (Å²) in [6, 6.07) is 5.90. The van der Waals surface area contributed by atoms with Gasteiger partial charge in [0.15, 0.2) is 0 Å². The molecule has 0 unspecified atom stereocenters. The number of nitrogens with one attached hydrogen (secondary N) is 1. The van der Waals surface area contributed by atoms with Gasteiger partial charge in [0.1, 0.15) is 17.1 Å². The number of aromatic nitrogens is 2. The summed E-state index contributed by atoms with van der Waals surface area (Å²) in [4.78, 5) is 4.53. The fourth-order valence-electron chi connectivity index (χ4n) is 1.76. The van der Waals surface area contributed by atoms with Crippen LogP contribution in [-0.2, 0) is 13.6 Å². The van der Waals surface area contributed by atoms with E-state index in [1.807, 2.05) is 32.3 Å². The van der Waals surface area contributed by atoms with Crippen LogP contribution in [0.3, 0.4) is 0 Å². The molecule has 2 rings (SSSR count). The number of hydrogen-bond donors (Lipinski definition) is 1. The molecule has 1 aromatic heterocycles. The quantitative estimate of drug-likeness (QED) is 0.821. The van der Waals surface area contributed by atoms with Gasteiger partial charge in [-0.1, -0.05) is 6.07 Å². The highest BCUT2D eigenvalue weighted by molar-refractivity contribution is 5.82. The lowest BCUT2D eigenvalue weighted by atomic mass is 10.3. The average molecular weight is 205 g/mol. The molecule has 0 spiro atoms. The summed E-state index contributed by atoms with van der Waals surface area (Å²) in [5.74, 6) is 1.88. The standard InChI is InChI=1S/C11H15N3O/c1-12-7-10-13-8-5-4-6-9(15-3)11(8)14(10)2/h4-6,12H,7H2,1-3H3. The SMILES string of the molecule is CNCc1nc2cccc(OC)c2n1C. The van der Waals surface area contributed by atoms with Crippen LogP contribution in [0.15, 0.2) is 18.2 Å². The molecule has 0 aliphatic heterocycles. The molecule has 0 aliphatic rings. The number of ether oxygens (including phenoxy) is 1. The van der Waals surface area contributed by atoms with Gasteiger partial charge in [-0.2, -0.15) is 0 Å². The van der Waals surface area contributed by atoms with E-state index in [2.05, 4.69) is 14.9 Å². The van der Waals surface area contributed by atoms with Crippen LogP contribution >= 0.6 is 0 Å². The topological polar surface area (TPSA) is 39.1 Å². The predicted octanol–water partition coefficient (Wildman–Crippen LogP) is 1.30. The zero-order valence-electron chi connectivity index (χ0n) is 9.24. The minimum Gasteiger partial charge on any atom is -0.494 e. The molecule has 15 heavy (non-hydrogen) atoms. The van der Waals surface area contributed by atoms with Crippen molar-refractivity contribution < 1.29 is 4.74 Å². The third kappa shape index (κ3) is 1.57. The van der Waals surface area contributed by atoms with E-state index in [1.54, 1.807) is 7.11 Å². The Morgan fingerprint density at radius 1 is 1.47 bits per heavy atom. The van der Waals surface area contributed by atoms with E-state index in [0.717, 1.165) is 29.2 Å². The molecular weight excluding hydrogens is 190 g/mol. The Balaban J connectivity index is 2.65. The fraction of sp³-hybridized carbons (Fsp3) is 0.364. The number of methoxy groups -OCH3 is 1. The minimum absolute atomic E-state index is 0.758. The third-order valence-corrected chi connectivity index (χ3v) is 2.50. The lowest BCUT2D eigenvalue weighted by Crippen LogP contribution is -2.10. The number of hydrogen-bond acceptors (Lipinski definition) is 3. The van der Waals surface area contributed by atoms with Crippen molar-refractivity contribution in [3.8, 4) is 5.75 Å². The van der Waals surface area contributed by atoms with Crippen LogP contribution in [-0.4, -0.2) is 23.7 Å². The van der Waals surface area contributed by atoms with Crippen molar-refractivity contribution >= 4 is 11.0 Å². The van der Waals surface area contributed by atoms with Gasteiger partial charge in [-0.05, 0) is 19.2 Å². The molecule has 1 aromatic carbocycles. The van der Waals surface area contributed by atoms with Crippen molar-refractivity contribution in [2.24, 2.45) is 7.05 Å². The van der Waals surface area contributed by atoms with Crippen LogP contribution in [0.1, 0.15) is 5.82 Å². The van der Waals surface area contributed by atoms with Gasteiger partial charge in [-0.3, -0.25) is 0 Å². The van der Waals surface area contributed by atoms with Crippen LogP contribution in [0, 0.1) is 0 Å². The van der Waals surface area contributed by atoms with E-state index in [9.17, 15) is 0 Å². The lowest BCUT2D eigenvalue weighted by molar-refractivity contribution is 0.417. The van der Waals surface area contributed by atoms with E-state index in [0.29, 0.717) is 0 Å². The molecule has 4 nitrogen and oxygen atoms in total. The Kier molecular flexibility index (Phi) is 2.60. The summed E-state index contributed by atoms with van der Waals surface area (Å²) in [5, 5.41) is 3.10. The van der Waals surface area contributed by atoms with Gasteiger partial charge in [0.05, 0.1) is 19.2 Å². The number of imidazole rings is 1. The lowest BCUT2D eigenvalue weighted by Gasteiger charge is -2.04. The summed E-state index contributed by atoms with van der Waals surface area (Å²) in [6.45, 7) is 0.758. The molecule has 0 saturated heterocycles. The number of nitrogens with zero attached hydrogens (tertiary/aromatic N) is 2. The molecule has 0 fully saturated rings. The highest BCUT2D eigenvalue weighted by atomic mass is 16.5. The Bertz CT molecular complexity index is 476. The highest BCUT2D eigenvalue weighted by Gasteiger charge is 2.10. The molecule has 0 atom stereocenters. The molecule has 2 aromatic rings. The van der Waals surface area contributed by atoms with Crippen molar-refractivity contribution in [2.45, 2.75) is 6.54 Å². The Labute approximate surface area is 88.9 Å². The summed E-state index contributed by atoms with van der Waals surface area (Å²) in [5.41, 5.74) is 2.02. The number of rotatable bonds is 3. The second kappa shape index (κ2) is 3.90. The maximum atomic E-state index is 5.32. The summed E-state index contributed by atoms with van der Waals surface area (Å²) in [6.07, 6.45) is 0. The van der Waals surface area contributed by atoms with Crippen molar-refractivity contribution in [2.75, 3.05) is 14.2 Å². The second-order valence-corrected chi connectivity index (χ2v) is 3.45. The monoisotopic (exact) mass is 205 g/mol. The fourth-order valence-corrected chi connectivity index (χ4v) is 1.76. The van der Waals surface area contributed by atoms with Crippen molar-refractivity contribution in [1.29, 1.82) is 0 Å².